The molecule has 3 aromatic rings. The van der Waals surface area contributed by atoms with Crippen LogP contribution in [0, 0.1) is 27.7 Å². The number of carbonyl (C=O) groups excluding carboxylic acids is 2. The van der Waals surface area contributed by atoms with Crippen molar-refractivity contribution in [1.82, 2.24) is 14.8 Å². The van der Waals surface area contributed by atoms with Crippen LogP contribution in [0.5, 0.6) is 0 Å². The number of aryl methyl sites for hydroxylation is 3. The van der Waals surface area contributed by atoms with Crippen LogP contribution in [0.25, 0.3) is 11.0 Å². The minimum Gasteiger partial charge on any atom is -0.462 e. The number of halogens is 2. The van der Waals surface area contributed by atoms with Gasteiger partial charge in [0.15, 0.2) is 5.65 Å². The molecule has 0 unspecified atom stereocenters. The molecule has 0 aromatic carbocycles. The highest BCUT2D eigenvalue weighted by molar-refractivity contribution is 7.16. The number of nitrogens with zero attached hydrogens (tertiary/aromatic N) is 3. The first-order valence-electron chi connectivity index (χ1n) is 9.33. The maximum absolute atomic E-state index is 13.5. The number of anilines is 1. The molecule has 3 heterocycles. The number of aromatic nitrogens is 3. The quantitative estimate of drug-likeness (QED) is 0.576. The van der Waals surface area contributed by atoms with Crippen molar-refractivity contribution < 1.29 is 23.1 Å². The van der Waals surface area contributed by atoms with Gasteiger partial charge in [-0.1, -0.05) is 0 Å². The largest absolute Gasteiger partial charge is 0.462 e. The molecule has 0 saturated heterocycles. The van der Waals surface area contributed by atoms with Gasteiger partial charge < -0.3 is 10.1 Å². The van der Waals surface area contributed by atoms with Crippen molar-refractivity contribution in [3.8, 4) is 0 Å². The molecule has 0 atom stereocenters. The van der Waals surface area contributed by atoms with Gasteiger partial charge in [0.25, 0.3) is 6.43 Å². The number of alkyl halides is 2. The number of fused-ring (bicyclic) bond motifs is 1. The smallest absolute Gasteiger partial charge is 0.341 e. The monoisotopic (exact) mass is 436 g/mol. The van der Waals surface area contributed by atoms with Crippen LogP contribution in [0.1, 0.15) is 51.1 Å². The lowest BCUT2D eigenvalue weighted by atomic mass is 10.1. The molecule has 10 heteroatoms. The zero-order valence-electron chi connectivity index (χ0n) is 17.3. The average Bonchev–Trinajstić information content (AvgIpc) is 3.10. The number of carbonyl (C=O) groups is 2. The molecule has 1 amide bonds. The topological polar surface area (TPSA) is 86.1 Å². The number of esters is 1. The Hall–Kier alpha value is -2.88. The lowest BCUT2D eigenvalue weighted by molar-refractivity contribution is -0.116. The molecule has 0 aliphatic carbocycles. The highest BCUT2D eigenvalue weighted by atomic mass is 32.1. The molecule has 0 saturated carbocycles. The molecule has 30 heavy (non-hydrogen) atoms. The van der Waals surface area contributed by atoms with Crippen LogP contribution >= 0.6 is 11.3 Å². The molecule has 1 N–H and O–H groups in total. The van der Waals surface area contributed by atoms with Crippen molar-refractivity contribution >= 4 is 39.2 Å². The summed E-state index contributed by atoms with van der Waals surface area (Å²) in [5, 5.41) is 7.60. The summed E-state index contributed by atoms with van der Waals surface area (Å²) in [6, 6.07) is 1.33. The molecule has 0 spiro atoms. The Morgan fingerprint density at radius 3 is 2.60 bits per heavy atom. The van der Waals surface area contributed by atoms with E-state index >= 15 is 0 Å². The van der Waals surface area contributed by atoms with Gasteiger partial charge in [-0.25, -0.2) is 23.2 Å². The number of amides is 1. The Kier molecular flexibility index (Phi) is 6.16. The second-order valence-corrected chi connectivity index (χ2v) is 8.08. The SMILES string of the molecule is CCOC(=O)c1c(NC(=O)Cn2nc(C)c3c(C(F)F)cc(C)nc32)sc(C)c1C. The Morgan fingerprint density at radius 2 is 1.97 bits per heavy atom. The highest BCUT2D eigenvalue weighted by Crippen LogP contribution is 2.33. The standard InChI is InChI=1S/C20H22F2N4O3S/c1-6-29-20(28)15-10(3)12(5)30-19(15)24-14(27)8-26-18-16(11(4)25-26)13(17(21)22)7-9(2)23-18/h7,17H,6,8H2,1-5H3,(H,24,27). The highest BCUT2D eigenvalue weighted by Gasteiger charge is 2.24. The Bertz CT molecular complexity index is 1140. The average molecular weight is 436 g/mol. The van der Waals surface area contributed by atoms with E-state index in [1.807, 2.05) is 6.92 Å². The number of hydrogen-bond acceptors (Lipinski definition) is 6. The maximum Gasteiger partial charge on any atom is 0.341 e. The van der Waals surface area contributed by atoms with E-state index in [9.17, 15) is 18.4 Å². The summed E-state index contributed by atoms with van der Waals surface area (Å²) in [5.41, 5.74) is 1.91. The molecule has 160 valence electrons. The molecule has 0 aliphatic heterocycles. The maximum atomic E-state index is 13.5. The first kappa shape index (κ1) is 21.8. The van der Waals surface area contributed by atoms with Gasteiger partial charge in [-0.2, -0.15) is 5.10 Å². The molecule has 7 nitrogen and oxygen atoms in total. The van der Waals surface area contributed by atoms with Gasteiger partial charge in [0.1, 0.15) is 11.5 Å². The summed E-state index contributed by atoms with van der Waals surface area (Å²) in [6.45, 7) is 8.54. The normalized spacial score (nSPS) is 11.3. The minimum atomic E-state index is -2.68. The number of rotatable bonds is 6. The van der Waals surface area contributed by atoms with Crippen LogP contribution in [0.2, 0.25) is 0 Å². The molecule has 0 radical (unpaired) electrons. The fourth-order valence-electron chi connectivity index (χ4n) is 3.27. The molecule has 0 bridgehead atoms. The summed E-state index contributed by atoms with van der Waals surface area (Å²) in [7, 11) is 0. The van der Waals surface area contributed by atoms with Crippen LogP contribution in [-0.2, 0) is 16.1 Å². The second-order valence-electron chi connectivity index (χ2n) is 6.85. The number of ether oxygens (including phenoxy) is 1. The number of thiophene rings is 1. The summed E-state index contributed by atoms with van der Waals surface area (Å²) < 4.78 is 33.3. The third kappa shape index (κ3) is 4.04. The fourth-order valence-corrected chi connectivity index (χ4v) is 4.33. The summed E-state index contributed by atoms with van der Waals surface area (Å²) >= 11 is 1.27. The second kappa shape index (κ2) is 8.47. The zero-order valence-corrected chi connectivity index (χ0v) is 18.1. The predicted octanol–water partition coefficient (Wildman–Crippen LogP) is 4.48. The third-order valence-corrected chi connectivity index (χ3v) is 5.80. The van der Waals surface area contributed by atoms with Gasteiger partial charge >= 0.3 is 5.97 Å². The van der Waals surface area contributed by atoms with Crippen molar-refractivity contribution in [3.05, 3.63) is 39.0 Å². The molecular weight excluding hydrogens is 414 g/mol. The van der Waals surface area contributed by atoms with Crippen LogP contribution < -0.4 is 5.32 Å². The van der Waals surface area contributed by atoms with Crippen LogP contribution in [0.15, 0.2) is 6.07 Å². The Morgan fingerprint density at radius 1 is 1.27 bits per heavy atom. The number of nitrogens with one attached hydrogen (secondary N) is 1. The van der Waals surface area contributed by atoms with E-state index in [1.165, 1.54) is 22.1 Å². The van der Waals surface area contributed by atoms with E-state index in [-0.39, 0.29) is 29.7 Å². The van der Waals surface area contributed by atoms with Crippen molar-refractivity contribution in [2.45, 2.75) is 47.6 Å². The van der Waals surface area contributed by atoms with Crippen LogP contribution in [-0.4, -0.2) is 33.2 Å². The fraction of sp³-hybridized carbons (Fsp3) is 0.400. The third-order valence-electron chi connectivity index (χ3n) is 4.68. The van der Waals surface area contributed by atoms with Crippen molar-refractivity contribution in [3.63, 3.8) is 0 Å². The van der Waals surface area contributed by atoms with Crippen LogP contribution in [0.4, 0.5) is 13.8 Å². The van der Waals surface area contributed by atoms with Crippen LogP contribution in [0.3, 0.4) is 0 Å². The van der Waals surface area contributed by atoms with E-state index in [2.05, 4.69) is 15.4 Å². The van der Waals surface area contributed by atoms with E-state index in [1.54, 1.807) is 27.7 Å². The van der Waals surface area contributed by atoms with E-state index in [0.29, 0.717) is 22.0 Å². The Balaban J connectivity index is 1.92. The van der Waals surface area contributed by atoms with E-state index in [0.717, 1.165) is 10.4 Å². The van der Waals surface area contributed by atoms with Gasteiger partial charge in [0.05, 0.1) is 23.3 Å². The molecular formula is C20H22F2N4O3S. The number of pyridine rings is 1. The summed E-state index contributed by atoms with van der Waals surface area (Å²) in [4.78, 5) is 30.2. The van der Waals surface area contributed by atoms with Gasteiger partial charge in [-0.15, -0.1) is 11.3 Å². The molecule has 3 aromatic heterocycles. The zero-order chi connectivity index (χ0) is 22.2. The van der Waals surface area contributed by atoms with Crippen molar-refractivity contribution in [2.24, 2.45) is 0 Å². The number of hydrogen-bond donors (Lipinski definition) is 1. The van der Waals surface area contributed by atoms with Gasteiger partial charge in [-0.3, -0.25) is 4.79 Å². The van der Waals surface area contributed by atoms with Crippen molar-refractivity contribution in [2.75, 3.05) is 11.9 Å². The Labute approximate surface area is 176 Å². The van der Waals surface area contributed by atoms with Gasteiger partial charge in [0.2, 0.25) is 5.91 Å². The first-order valence-corrected chi connectivity index (χ1v) is 10.1. The molecule has 3 rings (SSSR count). The lowest BCUT2D eigenvalue weighted by Gasteiger charge is -2.08. The van der Waals surface area contributed by atoms with E-state index < -0.39 is 18.3 Å². The lowest BCUT2D eigenvalue weighted by Crippen LogP contribution is -2.21. The summed E-state index contributed by atoms with van der Waals surface area (Å²) in [6.07, 6.45) is -2.68. The minimum absolute atomic E-state index is 0.157. The molecule has 0 aliphatic rings. The van der Waals surface area contributed by atoms with Gasteiger partial charge in [0, 0.05) is 16.1 Å². The predicted molar refractivity (Wildman–Crippen MR) is 110 cm³/mol. The van der Waals surface area contributed by atoms with Crippen molar-refractivity contribution in [1.29, 1.82) is 0 Å². The van der Waals surface area contributed by atoms with E-state index in [4.69, 9.17) is 4.74 Å². The first-order chi connectivity index (χ1) is 14.1. The van der Waals surface area contributed by atoms with Gasteiger partial charge in [-0.05, 0) is 46.2 Å². The molecule has 0 fully saturated rings. The summed E-state index contributed by atoms with van der Waals surface area (Å²) in [5.74, 6) is -0.956.